The highest BCUT2D eigenvalue weighted by molar-refractivity contribution is 6.01. The van der Waals surface area contributed by atoms with Crippen molar-refractivity contribution in [2.24, 2.45) is 5.16 Å². The van der Waals surface area contributed by atoms with Gasteiger partial charge in [0.1, 0.15) is 12.4 Å². The van der Waals surface area contributed by atoms with Gasteiger partial charge in [0.2, 0.25) is 0 Å². The molecule has 0 bridgehead atoms. The number of hydrogen-bond acceptors (Lipinski definition) is 7. The Morgan fingerprint density at radius 2 is 1.87 bits per heavy atom. The molecular formula is C20H20F3N3O5. The highest BCUT2D eigenvalue weighted by atomic mass is 19.2. The average molecular weight is 439 g/mol. The molecule has 0 saturated carbocycles. The fourth-order valence-electron chi connectivity index (χ4n) is 2.34. The molecule has 0 spiro atoms. The molecule has 0 unspecified atom stereocenters. The van der Waals surface area contributed by atoms with Gasteiger partial charge in [0, 0.05) is 5.56 Å². The number of carbonyl (C=O) groups excluding carboxylic acids is 1. The number of oxime groups is 1. The van der Waals surface area contributed by atoms with Crippen LogP contribution in [0.3, 0.4) is 0 Å². The van der Waals surface area contributed by atoms with E-state index in [1.54, 1.807) is 0 Å². The zero-order chi connectivity index (χ0) is 22.8. The van der Waals surface area contributed by atoms with Gasteiger partial charge in [0.25, 0.3) is 5.91 Å². The summed E-state index contributed by atoms with van der Waals surface area (Å²) in [7, 11) is 0. The summed E-state index contributed by atoms with van der Waals surface area (Å²) < 4.78 is 43.7. The van der Waals surface area contributed by atoms with Crippen LogP contribution in [0.25, 0.3) is 6.08 Å². The Morgan fingerprint density at radius 1 is 1.13 bits per heavy atom. The predicted molar refractivity (Wildman–Crippen MR) is 107 cm³/mol. The van der Waals surface area contributed by atoms with Crippen LogP contribution < -0.4 is 10.8 Å². The van der Waals surface area contributed by atoms with Crippen LogP contribution in [0.4, 0.5) is 24.5 Å². The number of rotatable bonds is 11. The maximum absolute atomic E-state index is 14.8. The maximum Gasteiger partial charge on any atom is 0.277 e. The van der Waals surface area contributed by atoms with Crippen LogP contribution in [0, 0.1) is 17.5 Å². The molecule has 0 fully saturated rings. The molecule has 4 N–H and O–H groups in total. The number of halogens is 3. The second-order valence-electron chi connectivity index (χ2n) is 5.88. The summed E-state index contributed by atoms with van der Waals surface area (Å²) in [5, 5.41) is 23.1. The summed E-state index contributed by atoms with van der Waals surface area (Å²) in [6, 6.07) is 4.81. The van der Waals surface area contributed by atoms with Crippen LogP contribution in [0.5, 0.6) is 0 Å². The summed E-state index contributed by atoms with van der Waals surface area (Å²) in [5.41, 5.74) is 0.665. The minimum absolute atomic E-state index is 0.178. The molecule has 2 aromatic rings. The van der Waals surface area contributed by atoms with E-state index < -0.39 is 46.8 Å². The molecule has 1 amide bonds. The van der Waals surface area contributed by atoms with E-state index in [9.17, 15) is 18.0 Å². The summed E-state index contributed by atoms with van der Waals surface area (Å²) in [4.78, 5) is 21.8. The van der Waals surface area contributed by atoms with E-state index in [4.69, 9.17) is 15.1 Å². The summed E-state index contributed by atoms with van der Waals surface area (Å²) >= 11 is 0. The third-order valence-corrected chi connectivity index (χ3v) is 3.78. The maximum atomic E-state index is 14.8. The lowest BCUT2D eigenvalue weighted by molar-refractivity contribution is 0.0168. The molecule has 166 valence electrons. The zero-order valence-electron chi connectivity index (χ0n) is 16.2. The van der Waals surface area contributed by atoms with Crippen molar-refractivity contribution in [1.29, 1.82) is 0 Å². The summed E-state index contributed by atoms with van der Waals surface area (Å²) in [6.45, 7) is 2.34. The Kier molecular flexibility index (Phi) is 9.00. The van der Waals surface area contributed by atoms with Gasteiger partial charge in [0.15, 0.2) is 11.6 Å². The van der Waals surface area contributed by atoms with Crippen LogP contribution >= 0.6 is 0 Å². The first-order valence-electron chi connectivity index (χ1n) is 8.93. The number of aliphatic hydroxyl groups excluding tert-OH is 2. The molecule has 0 aromatic heterocycles. The molecule has 8 nitrogen and oxygen atoms in total. The monoisotopic (exact) mass is 439 g/mol. The van der Waals surface area contributed by atoms with E-state index in [2.05, 4.69) is 21.9 Å². The van der Waals surface area contributed by atoms with Crippen LogP contribution in [-0.2, 0) is 9.68 Å². The van der Waals surface area contributed by atoms with Crippen molar-refractivity contribution in [3.63, 3.8) is 0 Å². The Bertz CT molecular complexity index is 970. The number of nitrogens with zero attached hydrogens (tertiary/aromatic N) is 1. The SMILES string of the molecule is C=Cc1ccc(Nc2c(C(=O)NOCCO)cc(C=NOCCO)c(F)c2F)c(F)c1. The lowest BCUT2D eigenvalue weighted by Crippen LogP contribution is -2.26. The smallest absolute Gasteiger partial charge is 0.277 e. The van der Waals surface area contributed by atoms with E-state index >= 15 is 0 Å². The van der Waals surface area contributed by atoms with Crippen molar-refractivity contribution in [3.05, 3.63) is 65.0 Å². The van der Waals surface area contributed by atoms with Crippen molar-refractivity contribution in [2.75, 3.05) is 31.7 Å². The van der Waals surface area contributed by atoms with Gasteiger partial charge in [0.05, 0.1) is 43.0 Å². The molecule has 0 radical (unpaired) electrons. The minimum atomic E-state index is -1.48. The van der Waals surface area contributed by atoms with E-state index in [-0.39, 0.29) is 25.5 Å². The molecule has 0 aliphatic rings. The first kappa shape index (κ1) is 23.9. The molecule has 0 saturated heterocycles. The topological polar surface area (TPSA) is 112 Å². The first-order chi connectivity index (χ1) is 14.9. The Labute approximate surface area is 175 Å². The third-order valence-electron chi connectivity index (χ3n) is 3.78. The number of anilines is 2. The van der Waals surface area contributed by atoms with Gasteiger partial charge in [-0.15, -0.1) is 0 Å². The lowest BCUT2D eigenvalue weighted by Gasteiger charge is -2.16. The molecule has 0 atom stereocenters. The Balaban J connectivity index is 2.48. The lowest BCUT2D eigenvalue weighted by atomic mass is 10.1. The number of amides is 1. The van der Waals surface area contributed by atoms with Gasteiger partial charge >= 0.3 is 0 Å². The number of aliphatic hydroxyl groups is 2. The van der Waals surface area contributed by atoms with E-state index in [1.807, 2.05) is 5.48 Å². The van der Waals surface area contributed by atoms with Gasteiger partial charge in [-0.3, -0.25) is 9.63 Å². The third kappa shape index (κ3) is 6.28. The van der Waals surface area contributed by atoms with Gasteiger partial charge in [-0.1, -0.05) is 23.9 Å². The minimum Gasteiger partial charge on any atom is -0.394 e. The Hall–Kier alpha value is -3.41. The normalized spacial score (nSPS) is 10.9. The highest BCUT2D eigenvalue weighted by Gasteiger charge is 2.23. The standard InChI is InChI=1S/C20H20F3N3O5/c1-2-12-3-4-16(15(21)9-12)25-19-14(20(29)26-31-8-6-28)10-13(17(22)18(19)23)11-24-30-7-5-27/h2-4,9-11,25,27-28H,1,5-8H2,(H,26,29). The second kappa shape index (κ2) is 11.7. The van der Waals surface area contributed by atoms with E-state index in [1.165, 1.54) is 18.2 Å². The molecule has 31 heavy (non-hydrogen) atoms. The van der Waals surface area contributed by atoms with Crippen LogP contribution in [-0.4, -0.2) is 48.8 Å². The fourth-order valence-corrected chi connectivity index (χ4v) is 2.34. The number of hydrogen-bond donors (Lipinski definition) is 4. The number of benzene rings is 2. The van der Waals surface area contributed by atoms with Gasteiger partial charge in [-0.05, 0) is 23.8 Å². The quantitative estimate of drug-likeness (QED) is 0.243. The van der Waals surface area contributed by atoms with E-state index in [0.717, 1.165) is 18.3 Å². The largest absolute Gasteiger partial charge is 0.394 e. The molecule has 0 heterocycles. The fraction of sp³-hybridized carbons (Fsp3) is 0.200. The van der Waals surface area contributed by atoms with Gasteiger partial charge in [-0.2, -0.15) is 0 Å². The van der Waals surface area contributed by atoms with Crippen molar-refractivity contribution in [1.82, 2.24) is 5.48 Å². The van der Waals surface area contributed by atoms with Crippen molar-refractivity contribution in [2.45, 2.75) is 0 Å². The number of carbonyl (C=O) groups is 1. The first-order valence-corrected chi connectivity index (χ1v) is 8.93. The van der Waals surface area contributed by atoms with Gasteiger partial charge < -0.3 is 20.4 Å². The Morgan fingerprint density at radius 3 is 2.52 bits per heavy atom. The summed E-state index contributed by atoms with van der Waals surface area (Å²) in [6.07, 6.45) is 2.21. The van der Waals surface area contributed by atoms with Crippen molar-refractivity contribution in [3.8, 4) is 0 Å². The van der Waals surface area contributed by atoms with Gasteiger partial charge in [-0.25, -0.2) is 18.7 Å². The molecule has 0 aliphatic carbocycles. The zero-order valence-corrected chi connectivity index (χ0v) is 16.2. The number of hydroxylamine groups is 1. The average Bonchev–Trinajstić information content (AvgIpc) is 2.76. The van der Waals surface area contributed by atoms with Crippen molar-refractivity contribution >= 4 is 29.6 Å². The predicted octanol–water partition coefficient (Wildman–Crippen LogP) is 2.49. The number of nitrogens with one attached hydrogen (secondary N) is 2. The molecule has 0 aliphatic heterocycles. The summed E-state index contributed by atoms with van der Waals surface area (Å²) in [5.74, 6) is -4.65. The van der Waals surface area contributed by atoms with Crippen LogP contribution in [0.15, 0.2) is 36.0 Å². The highest BCUT2D eigenvalue weighted by Crippen LogP contribution is 2.30. The molecule has 11 heteroatoms. The van der Waals surface area contributed by atoms with E-state index in [0.29, 0.717) is 5.56 Å². The van der Waals surface area contributed by atoms with Crippen molar-refractivity contribution < 1.29 is 37.9 Å². The molecule has 2 rings (SSSR count). The second-order valence-corrected chi connectivity index (χ2v) is 5.88. The van der Waals surface area contributed by atoms with Crippen LogP contribution in [0.1, 0.15) is 21.5 Å². The van der Waals surface area contributed by atoms with Crippen LogP contribution in [0.2, 0.25) is 0 Å². The molecule has 2 aromatic carbocycles. The molecular weight excluding hydrogens is 419 g/mol.